The van der Waals surface area contributed by atoms with Crippen LogP contribution < -0.4 is 10.0 Å². The Labute approximate surface area is 130 Å². The van der Waals surface area contributed by atoms with Crippen molar-refractivity contribution < 1.29 is 13.2 Å². The van der Waals surface area contributed by atoms with Crippen molar-refractivity contribution in [3.63, 3.8) is 0 Å². The average Bonchev–Trinajstić information content (AvgIpc) is 2.73. The molecular formula is C15H17N3O3S. The molecule has 0 aliphatic carbocycles. The second-order valence-electron chi connectivity index (χ2n) is 5.19. The second-order valence-corrected chi connectivity index (χ2v) is 6.84. The third-order valence-corrected chi connectivity index (χ3v) is 4.59. The van der Waals surface area contributed by atoms with Gasteiger partial charge in [0.1, 0.15) is 11.9 Å². The average molecular weight is 319 g/mol. The number of nitrogens with one attached hydrogen (secondary N) is 2. The zero-order valence-electron chi connectivity index (χ0n) is 12.3. The van der Waals surface area contributed by atoms with Crippen molar-refractivity contribution in [2.75, 3.05) is 6.54 Å². The molecule has 1 unspecified atom stereocenters. The lowest BCUT2D eigenvalue weighted by atomic mass is 10.0. The maximum Gasteiger partial charge on any atom is 0.263 e. The normalized spacial score (nSPS) is 18.4. The quantitative estimate of drug-likeness (QED) is 0.792. The smallest absolute Gasteiger partial charge is 0.263 e. The molecule has 2 N–H and O–H groups in total. The molecule has 0 radical (unpaired) electrons. The maximum atomic E-state index is 12.1. The zero-order chi connectivity index (χ0) is 16.3. The summed E-state index contributed by atoms with van der Waals surface area (Å²) in [7, 11) is -3.61. The topological polar surface area (TPSA) is 87.6 Å². The van der Waals surface area contributed by atoms with Gasteiger partial charge in [0.25, 0.3) is 10.0 Å². The van der Waals surface area contributed by atoms with Crippen LogP contribution >= 0.6 is 0 Å². The fourth-order valence-corrected chi connectivity index (χ4v) is 3.36. The van der Waals surface area contributed by atoms with Gasteiger partial charge in [-0.25, -0.2) is 8.42 Å². The van der Waals surface area contributed by atoms with Crippen LogP contribution in [0.1, 0.15) is 19.4 Å². The van der Waals surface area contributed by atoms with Crippen molar-refractivity contribution in [3.05, 3.63) is 29.8 Å². The predicted octanol–water partition coefficient (Wildman–Crippen LogP) is 0.499. The molecule has 1 aromatic carbocycles. The minimum absolute atomic E-state index is 0.106. The van der Waals surface area contributed by atoms with Gasteiger partial charge in [-0.3, -0.25) is 14.5 Å². The number of rotatable bonds is 4. The first-order valence-electron chi connectivity index (χ1n) is 6.78. The number of benzene rings is 1. The van der Waals surface area contributed by atoms with Gasteiger partial charge in [0.15, 0.2) is 0 Å². The fourth-order valence-electron chi connectivity index (χ4n) is 2.12. The molecule has 116 valence electrons. The summed E-state index contributed by atoms with van der Waals surface area (Å²) in [6.45, 7) is 3.77. The van der Waals surface area contributed by atoms with E-state index in [0.717, 1.165) is 0 Å². The number of aliphatic imine (C=N–C) groups is 1. The Bertz CT molecular complexity index is 760. The van der Waals surface area contributed by atoms with Gasteiger partial charge in [-0.15, -0.1) is 6.42 Å². The van der Waals surface area contributed by atoms with Crippen molar-refractivity contribution in [1.82, 2.24) is 10.0 Å². The van der Waals surface area contributed by atoms with Gasteiger partial charge in [0, 0.05) is 5.56 Å². The summed E-state index contributed by atoms with van der Waals surface area (Å²) in [6, 6.07) is 5.79. The van der Waals surface area contributed by atoms with E-state index in [0.29, 0.717) is 5.56 Å². The monoisotopic (exact) mass is 319 g/mol. The molecule has 0 bridgehead atoms. The van der Waals surface area contributed by atoms with E-state index in [4.69, 9.17) is 6.42 Å². The summed E-state index contributed by atoms with van der Waals surface area (Å²) < 4.78 is 26.5. The summed E-state index contributed by atoms with van der Waals surface area (Å²) in [5, 5.41) is 2.57. The number of hydrogen-bond acceptors (Lipinski definition) is 4. The third-order valence-electron chi connectivity index (χ3n) is 3.20. The van der Waals surface area contributed by atoms with Gasteiger partial charge < -0.3 is 5.32 Å². The SMILES string of the molecule is C#CCNC(=O)C(N=C1NS(=O)(=O)c2ccccc21)C(C)C. The number of amidine groups is 1. The number of carbonyl (C=O) groups excluding carboxylic acids is 1. The molecule has 1 atom stereocenters. The molecule has 1 aliphatic rings. The highest BCUT2D eigenvalue weighted by Crippen LogP contribution is 2.23. The second kappa shape index (κ2) is 6.20. The molecule has 2 rings (SSSR count). The number of carbonyl (C=O) groups is 1. The number of fused-ring (bicyclic) bond motifs is 1. The Balaban J connectivity index is 2.39. The molecule has 0 saturated carbocycles. The number of nitrogens with zero attached hydrogens (tertiary/aromatic N) is 1. The van der Waals surface area contributed by atoms with Crippen LogP contribution in [0.4, 0.5) is 0 Å². The molecule has 0 fully saturated rings. The van der Waals surface area contributed by atoms with E-state index < -0.39 is 16.1 Å². The summed E-state index contributed by atoms with van der Waals surface area (Å²) in [5.41, 5.74) is 0.470. The molecule has 1 aliphatic heterocycles. The molecule has 0 aromatic heterocycles. The first-order valence-corrected chi connectivity index (χ1v) is 8.26. The Kier molecular flexibility index (Phi) is 4.52. The Morgan fingerprint density at radius 3 is 2.73 bits per heavy atom. The van der Waals surface area contributed by atoms with E-state index in [-0.39, 0.29) is 29.1 Å². The van der Waals surface area contributed by atoms with Gasteiger partial charge in [-0.05, 0) is 18.1 Å². The van der Waals surface area contributed by atoms with E-state index in [2.05, 4.69) is 21.0 Å². The minimum atomic E-state index is -3.61. The first-order chi connectivity index (χ1) is 10.4. The van der Waals surface area contributed by atoms with Crippen LogP contribution in [0.25, 0.3) is 0 Å². The highest BCUT2D eigenvalue weighted by molar-refractivity contribution is 7.90. The molecule has 1 heterocycles. The van der Waals surface area contributed by atoms with Crippen LogP contribution in [0.5, 0.6) is 0 Å². The van der Waals surface area contributed by atoms with Gasteiger partial charge in [-0.1, -0.05) is 31.9 Å². The molecule has 1 amide bonds. The Morgan fingerprint density at radius 1 is 1.41 bits per heavy atom. The van der Waals surface area contributed by atoms with Crippen molar-refractivity contribution >= 4 is 21.8 Å². The van der Waals surface area contributed by atoms with Gasteiger partial charge >= 0.3 is 0 Å². The predicted molar refractivity (Wildman–Crippen MR) is 83.8 cm³/mol. The molecule has 0 saturated heterocycles. The highest BCUT2D eigenvalue weighted by atomic mass is 32.2. The van der Waals surface area contributed by atoms with Gasteiger partial charge in [-0.2, -0.15) is 0 Å². The van der Waals surface area contributed by atoms with E-state index in [1.165, 1.54) is 6.07 Å². The van der Waals surface area contributed by atoms with Crippen molar-refractivity contribution in [3.8, 4) is 12.3 Å². The van der Waals surface area contributed by atoms with Crippen LogP contribution in [0.3, 0.4) is 0 Å². The van der Waals surface area contributed by atoms with Crippen LogP contribution in [-0.2, 0) is 14.8 Å². The van der Waals surface area contributed by atoms with Crippen LogP contribution in [0.15, 0.2) is 34.2 Å². The van der Waals surface area contributed by atoms with E-state index in [1.54, 1.807) is 18.2 Å². The van der Waals surface area contributed by atoms with Crippen LogP contribution in [0, 0.1) is 18.3 Å². The lowest BCUT2D eigenvalue weighted by Crippen LogP contribution is -2.38. The van der Waals surface area contributed by atoms with Gasteiger partial charge in [0.2, 0.25) is 5.91 Å². The first kappa shape index (κ1) is 16.0. The Morgan fingerprint density at radius 2 is 2.09 bits per heavy atom. The number of hydrogen-bond donors (Lipinski definition) is 2. The minimum Gasteiger partial charge on any atom is -0.343 e. The largest absolute Gasteiger partial charge is 0.343 e. The molecule has 7 heteroatoms. The lowest BCUT2D eigenvalue weighted by Gasteiger charge is -2.16. The lowest BCUT2D eigenvalue weighted by molar-refractivity contribution is -0.122. The summed E-state index contributed by atoms with van der Waals surface area (Å²) >= 11 is 0. The molecule has 1 aromatic rings. The van der Waals surface area contributed by atoms with E-state index in [9.17, 15) is 13.2 Å². The number of terminal acetylenes is 1. The van der Waals surface area contributed by atoms with Crippen LogP contribution in [0.2, 0.25) is 0 Å². The van der Waals surface area contributed by atoms with Crippen LogP contribution in [-0.4, -0.2) is 32.7 Å². The summed E-state index contributed by atoms with van der Waals surface area (Å²) in [4.78, 5) is 16.6. The van der Waals surface area contributed by atoms with Crippen molar-refractivity contribution in [1.29, 1.82) is 0 Å². The molecule has 6 nitrogen and oxygen atoms in total. The maximum absolute atomic E-state index is 12.1. The number of amides is 1. The van der Waals surface area contributed by atoms with Crippen molar-refractivity contribution in [2.45, 2.75) is 24.8 Å². The Hall–Kier alpha value is -2.33. The summed E-state index contributed by atoms with van der Waals surface area (Å²) in [5.74, 6) is 2.07. The molecular weight excluding hydrogens is 302 g/mol. The van der Waals surface area contributed by atoms with Gasteiger partial charge in [0.05, 0.1) is 11.4 Å². The van der Waals surface area contributed by atoms with Crippen molar-refractivity contribution in [2.24, 2.45) is 10.9 Å². The zero-order valence-corrected chi connectivity index (χ0v) is 13.1. The number of sulfonamides is 1. The molecule has 22 heavy (non-hydrogen) atoms. The fraction of sp³-hybridized carbons (Fsp3) is 0.333. The van der Waals surface area contributed by atoms with E-state index >= 15 is 0 Å². The third kappa shape index (κ3) is 3.12. The molecule has 0 spiro atoms. The highest BCUT2D eigenvalue weighted by Gasteiger charge is 2.32. The standard InChI is InChI=1S/C15H17N3O3S/c1-4-9-16-15(19)13(10(2)3)17-14-11-7-5-6-8-12(11)22(20,21)18-14/h1,5-8,10,13H,9H2,2-3H3,(H,16,19)(H,17,18). The summed E-state index contributed by atoms with van der Waals surface area (Å²) in [6.07, 6.45) is 5.12. The van der Waals surface area contributed by atoms with E-state index in [1.807, 2.05) is 13.8 Å².